The van der Waals surface area contributed by atoms with E-state index in [2.05, 4.69) is 26.0 Å². The fourth-order valence-electron chi connectivity index (χ4n) is 3.03. The molecule has 0 saturated heterocycles. The Morgan fingerprint density at radius 3 is 2.74 bits per heavy atom. The van der Waals surface area contributed by atoms with E-state index in [1.165, 1.54) is 23.0 Å². The van der Waals surface area contributed by atoms with Crippen molar-refractivity contribution in [3.05, 3.63) is 71.7 Å². The number of hydrogen-bond donors (Lipinski definition) is 0. The van der Waals surface area contributed by atoms with Crippen molar-refractivity contribution in [3.63, 3.8) is 0 Å². The maximum Gasteiger partial charge on any atom is 0.313 e. The number of halogens is 2. The molecular formula is C21H20BrClN4O4. The predicted octanol–water partition coefficient (Wildman–Crippen LogP) is 5.52. The molecule has 0 spiro atoms. The molecule has 0 saturated carbocycles. The quantitative estimate of drug-likeness (QED) is 0.238. The number of ether oxygens (including phenoxy) is 1. The Hall–Kier alpha value is -2.78. The molecule has 0 N–H and O–H groups in total. The van der Waals surface area contributed by atoms with Gasteiger partial charge in [0, 0.05) is 27.0 Å². The summed E-state index contributed by atoms with van der Waals surface area (Å²) >= 11 is 9.45. The van der Waals surface area contributed by atoms with E-state index in [4.69, 9.17) is 16.3 Å². The first kappa shape index (κ1) is 22.9. The molecule has 31 heavy (non-hydrogen) atoms. The molecule has 8 nitrogen and oxygen atoms in total. The molecule has 0 unspecified atom stereocenters. The summed E-state index contributed by atoms with van der Waals surface area (Å²) < 4.78 is 7.46. The fraction of sp³-hybridized carbons (Fsp3) is 0.286. The molecule has 2 aromatic carbocycles. The van der Waals surface area contributed by atoms with E-state index < -0.39 is 4.92 Å². The van der Waals surface area contributed by atoms with Gasteiger partial charge in [-0.2, -0.15) is 9.78 Å². The Balaban J connectivity index is 2.25. The summed E-state index contributed by atoms with van der Waals surface area (Å²) in [5.74, 6) is 0.487. The molecule has 1 aromatic heterocycles. The number of nitrogens with zero attached hydrogens (tertiary/aromatic N) is 4. The maximum atomic E-state index is 13.2. The van der Waals surface area contributed by atoms with Gasteiger partial charge in [0.2, 0.25) is 5.75 Å². The maximum absolute atomic E-state index is 13.2. The van der Waals surface area contributed by atoms with Crippen LogP contribution in [0.25, 0.3) is 10.9 Å². The second kappa shape index (κ2) is 9.57. The van der Waals surface area contributed by atoms with Gasteiger partial charge in [0.05, 0.1) is 28.6 Å². The Bertz CT molecular complexity index is 1240. The van der Waals surface area contributed by atoms with Gasteiger partial charge in [-0.05, 0) is 37.6 Å². The largest absolute Gasteiger partial charge is 0.487 e. The van der Waals surface area contributed by atoms with Crippen molar-refractivity contribution in [2.24, 2.45) is 5.10 Å². The third-order valence-electron chi connectivity index (χ3n) is 4.75. The highest BCUT2D eigenvalue weighted by Crippen LogP contribution is 2.33. The number of aromatic nitrogens is 2. The molecule has 0 aliphatic heterocycles. The van der Waals surface area contributed by atoms with E-state index in [0.717, 1.165) is 10.9 Å². The van der Waals surface area contributed by atoms with Crippen LogP contribution < -0.4 is 10.3 Å². The van der Waals surface area contributed by atoms with E-state index in [1.54, 1.807) is 19.1 Å². The third-order valence-corrected chi connectivity index (χ3v) is 5.46. The topological polar surface area (TPSA) is 99.6 Å². The average molecular weight is 508 g/mol. The van der Waals surface area contributed by atoms with Crippen molar-refractivity contribution < 1.29 is 9.66 Å². The highest BCUT2D eigenvalue weighted by Gasteiger charge is 2.21. The minimum absolute atomic E-state index is 0.0373. The summed E-state index contributed by atoms with van der Waals surface area (Å²) in [7, 11) is 0. The first-order valence-electron chi connectivity index (χ1n) is 9.64. The van der Waals surface area contributed by atoms with Crippen molar-refractivity contribution in [2.75, 3.05) is 6.61 Å². The summed E-state index contributed by atoms with van der Waals surface area (Å²) in [6, 6.07) is 8.00. The smallest absolute Gasteiger partial charge is 0.313 e. The van der Waals surface area contributed by atoms with Gasteiger partial charge in [0.25, 0.3) is 5.56 Å². The lowest BCUT2D eigenvalue weighted by atomic mass is 10.1. The molecule has 0 amide bonds. The van der Waals surface area contributed by atoms with Crippen LogP contribution in [0.5, 0.6) is 5.75 Å². The highest BCUT2D eigenvalue weighted by molar-refractivity contribution is 9.10. The van der Waals surface area contributed by atoms with Gasteiger partial charge < -0.3 is 4.74 Å². The molecule has 1 heterocycles. The molecule has 3 aromatic rings. The van der Waals surface area contributed by atoms with Crippen LogP contribution in [0.1, 0.15) is 44.5 Å². The van der Waals surface area contributed by atoms with Gasteiger partial charge in [0.1, 0.15) is 5.82 Å². The molecule has 3 rings (SSSR count). The van der Waals surface area contributed by atoms with Crippen LogP contribution in [-0.2, 0) is 0 Å². The number of nitro benzene ring substituents is 1. The Labute approximate surface area is 191 Å². The van der Waals surface area contributed by atoms with Crippen LogP contribution >= 0.6 is 27.5 Å². The molecule has 0 aliphatic carbocycles. The van der Waals surface area contributed by atoms with Gasteiger partial charge >= 0.3 is 5.69 Å². The fourth-order valence-corrected chi connectivity index (χ4v) is 3.61. The molecule has 0 radical (unpaired) electrons. The molecule has 0 fully saturated rings. The van der Waals surface area contributed by atoms with Gasteiger partial charge in [-0.15, -0.1) is 0 Å². The number of benzene rings is 2. The van der Waals surface area contributed by atoms with E-state index in [0.29, 0.717) is 16.7 Å². The first-order valence-corrected chi connectivity index (χ1v) is 10.8. The van der Waals surface area contributed by atoms with Crippen molar-refractivity contribution in [1.82, 2.24) is 9.66 Å². The van der Waals surface area contributed by atoms with Gasteiger partial charge in [0.15, 0.2) is 0 Å². The van der Waals surface area contributed by atoms with E-state index in [9.17, 15) is 14.9 Å². The van der Waals surface area contributed by atoms with Crippen LogP contribution in [-0.4, -0.2) is 27.4 Å². The van der Waals surface area contributed by atoms with Crippen LogP contribution in [0.4, 0.5) is 5.69 Å². The minimum Gasteiger partial charge on any atom is -0.487 e. The average Bonchev–Trinajstić information content (AvgIpc) is 2.74. The predicted molar refractivity (Wildman–Crippen MR) is 125 cm³/mol. The standard InChI is InChI=1S/C21H20BrClN4O4/c1-4-12(3)20-25-17-7-6-14(22)9-16(17)21(28)26(20)24-11-13-8-15(23)10-18(27(29)30)19(13)31-5-2/h6-12H,4-5H2,1-3H3/t12-/m0/s1. The van der Waals surface area contributed by atoms with Crippen molar-refractivity contribution in [2.45, 2.75) is 33.1 Å². The van der Waals surface area contributed by atoms with Crippen LogP contribution in [0.15, 0.2) is 44.7 Å². The third kappa shape index (κ3) is 4.77. The summed E-state index contributed by atoms with van der Waals surface area (Å²) in [6.45, 7) is 5.88. The number of fused-ring (bicyclic) bond motifs is 1. The number of rotatable bonds is 7. The van der Waals surface area contributed by atoms with Gasteiger partial charge in [-0.3, -0.25) is 14.9 Å². The summed E-state index contributed by atoms with van der Waals surface area (Å²) in [5, 5.41) is 16.4. The van der Waals surface area contributed by atoms with Crippen LogP contribution in [0.3, 0.4) is 0 Å². The molecule has 0 bridgehead atoms. The van der Waals surface area contributed by atoms with Crippen molar-refractivity contribution in [3.8, 4) is 5.75 Å². The Morgan fingerprint density at radius 2 is 2.10 bits per heavy atom. The van der Waals surface area contributed by atoms with E-state index in [1.807, 2.05) is 19.9 Å². The summed E-state index contributed by atoms with van der Waals surface area (Å²) in [4.78, 5) is 28.7. The molecule has 162 valence electrons. The molecule has 10 heteroatoms. The lowest BCUT2D eigenvalue weighted by Crippen LogP contribution is -2.23. The van der Waals surface area contributed by atoms with E-state index in [-0.39, 0.29) is 40.1 Å². The zero-order chi connectivity index (χ0) is 22.7. The zero-order valence-electron chi connectivity index (χ0n) is 17.1. The Kier molecular flexibility index (Phi) is 7.07. The number of hydrogen-bond acceptors (Lipinski definition) is 6. The minimum atomic E-state index is -0.569. The summed E-state index contributed by atoms with van der Waals surface area (Å²) in [5.41, 5.74) is 0.249. The highest BCUT2D eigenvalue weighted by atomic mass is 79.9. The Morgan fingerprint density at radius 1 is 1.35 bits per heavy atom. The lowest BCUT2D eigenvalue weighted by Gasteiger charge is -2.14. The monoisotopic (exact) mass is 506 g/mol. The molecule has 0 aliphatic rings. The van der Waals surface area contributed by atoms with Gasteiger partial charge in [-0.1, -0.05) is 41.4 Å². The first-order chi connectivity index (χ1) is 14.8. The summed E-state index contributed by atoms with van der Waals surface area (Å²) in [6.07, 6.45) is 2.08. The van der Waals surface area contributed by atoms with Crippen LogP contribution in [0, 0.1) is 10.1 Å². The van der Waals surface area contributed by atoms with E-state index >= 15 is 0 Å². The van der Waals surface area contributed by atoms with Crippen LogP contribution in [0.2, 0.25) is 5.02 Å². The van der Waals surface area contributed by atoms with Gasteiger partial charge in [-0.25, -0.2) is 4.98 Å². The molecule has 1 atom stereocenters. The van der Waals surface area contributed by atoms with Crippen molar-refractivity contribution in [1.29, 1.82) is 0 Å². The number of nitro groups is 1. The second-order valence-electron chi connectivity index (χ2n) is 6.84. The normalized spacial score (nSPS) is 12.4. The zero-order valence-corrected chi connectivity index (χ0v) is 19.5. The second-order valence-corrected chi connectivity index (χ2v) is 8.19. The van der Waals surface area contributed by atoms with Crippen molar-refractivity contribution >= 4 is 50.3 Å². The SMILES string of the molecule is CCOc1c(C=Nn2c([C@@H](C)CC)nc3ccc(Br)cc3c2=O)cc(Cl)cc1[N+](=O)[O-]. The lowest BCUT2D eigenvalue weighted by molar-refractivity contribution is -0.385. The molecular weight excluding hydrogens is 488 g/mol.